The molecule has 5 heteroatoms. The number of hydrogen-bond donors (Lipinski definition) is 2. The average molecular weight is 236 g/mol. The summed E-state index contributed by atoms with van der Waals surface area (Å²) in [5, 5.41) is 10.4. The van der Waals surface area contributed by atoms with Gasteiger partial charge >= 0.3 is 0 Å². The summed E-state index contributed by atoms with van der Waals surface area (Å²) in [6.07, 6.45) is 7.82. The number of nitrogens with one attached hydrogen (secondary N) is 2. The van der Waals surface area contributed by atoms with Crippen LogP contribution in [-0.4, -0.2) is 34.8 Å². The van der Waals surface area contributed by atoms with Crippen molar-refractivity contribution in [1.82, 2.24) is 20.4 Å². The van der Waals surface area contributed by atoms with Gasteiger partial charge in [0.2, 0.25) is 5.91 Å². The first kappa shape index (κ1) is 12.1. The Morgan fingerprint density at radius 3 is 3.18 bits per heavy atom. The van der Waals surface area contributed by atoms with Gasteiger partial charge in [-0.3, -0.25) is 9.48 Å². The third-order valence-corrected chi connectivity index (χ3v) is 3.07. The molecule has 94 valence electrons. The molecule has 0 aliphatic carbocycles. The van der Waals surface area contributed by atoms with E-state index in [9.17, 15) is 4.79 Å². The van der Waals surface area contributed by atoms with Crippen LogP contribution >= 0.6 is 0 Å². The largest absolute Gasteiger partial charge is 0.354 e. The summed E-state index contributed by atoms with van der Waals surface area (Å²) in [6.45, 7) is 2.43. The number of carbonyl (C=O) groups excluding carboxylic acids is 1. The minimum Gasteiger partial charge on any atom is -0.354 e. The maximum Gasteiger partial charge on any atom is 0.221 e. The molecule has 2 rings (SSSR count). The lowest BCUT2D eigenvalue weighted by Crippen LogP contribution is -2.39. The molecule has 1 aliphatic heterocycles. The first-order valence-electron chi connectivity index (χ1n) is 6.32. The summed E-state index contributed by atoms with van der Waals surface area (Å²) in [5.41, 5.74) is 0. The molecule has 1 aromatic heterocycles. The van der Waals surface area contributed by atoms with Crippen molar-refractivity contribution in [3.63, 3.8) is 0 Å². The lowest BCUT2D eigenvalue weighted by Gasteiger charge is -2.22. The number of rotatable bonds is 5. The quantitative estimate of drug-likeness (QED) is 0.784. The Labute approximate surface area is 102 Å². The number of amides is 1. The Morgan fingerprint density at radius 2 is 2.47 bits per heavy atom. The zero-order valence-corrected chi connectivity index (χ0v) is 10.1. The number of aromatic nitrogens is 2. The highest BCUT2D eigenvalue weighted by Crippen LogP contribution is 2.09. The Balaban J connectivity index is 1.60. The summed E-state index contributed by atoms with van der Waals surface area (Å²) in [7, 11) is 0. The molecule has 17 heavy (non-hydrogen) atoms. The van der Waals surface area contributed by atoms with Gasteiger partial charge in [0.05, 0.1) is 6.54 Å². The van der Waals surface area contributed by atoms with E-state index in [0.29, 0.717) is 19.0 Å². The van der Waals surface area contributed by atoms with Crippen molar-refractivity contribution in [3.8, 4) is 0 Å². The third kappa shape index (κ3) is 4.19. The van der Waals surface area contributed by atoms with E-state index in [1.54, 1.807) is 6.20 Å². The normalized spacial score (nSPS) is 20.1. The lowest BCUT2D eigenvalue weighted by molar-refractivity contribution is -0.121. The van der Waals surface area contributed by atoms with Crippen LogP contribution in [0.2, 0.25) is 0 Å². The fraction of sp³-hybridized carbons (Fsp3) is 0.667. The molecular weight excluding hydrogens is 216 g/mol. The molecule has 0 spiro atoms. The molecule has 5 nitrogen and oxygen atoms in total. The molecule has 1 amide bonds. The Bertz CT molecular complexity index is 330. The SMILES string of the molecule is O=C(CC1CCCCN1)NCCn1cccn1. The summed E-state index contributed by atoms with van der Waals surface area (Å²) in [5.74, 6) is 0.136. The Hall–Kier alpha value is -1.36. The second-order valence-electron chi connectivity index (χ2n) is 4.47. The van der Waals surface area contributed by atoms with Gasteiger partial charge < -0.3 is 10.6 Å². The molecule has 2 N–H and O–H groups in total. The highest BCUT2D eigenvalue weighted by atomic mass is 16.1. The van der Waals surface area contributed by atoms with Gasteiger partial charge in [-0.05, 0) is 25.5 Å². The van der Waals surface area contributed by atoms with Crippen LogP contribution in [0.25, 0.3) is 0 Å². The van der Waals surface area contributed by atoms with Crippen LogP contribution in [0.4, 0.5) is 0 Å². The van der Waals surface area contributed by atoms with Crippen molar-refractivity contribution in [2.45, 2.75) is 38.3 Å². The molecular formula is C12H20N4O. The number of carbonyl (C=O) groups is 1. The van der Waals surface area contributed by atoms with Gasteiger partial charge in [-0.1, -0.05) is 6.42 Å². The molecule has 1 aliphatic rings. The number of hydrogen-bond acceptors (Lipinski definition) is 3. The van der Waals surface area contributed by atoms with E-state index in [1.165, 1.54) is 12.8 Å². The molecule has 1 aromatic rings. The van der Waals surface area contributed by atoms with E-state index in [4.69, 9.17) is 0 Å². The number of piperidine rings is 1. The van der Waals surface area contributed by atoms with Crippen LogP contribution in [-0.2, 0) is 11.3 Å². The smallest absolute Gasteiger partial charge is 0.221 e. The van der Waals surface area contributed by atoms with Gasteiger partial charge in [0.25, 0.3) is 0 Å². The highest BCUT2D eigenvalue weighted by molar-refractivity contribution is 5.76. The molecule has 1 fully saturated rings. The van der Waals surface area contributed by atoms with E-state index < -0.39 is 0 Å². The zero-order valence-electron chi connectivity index (χ0n) is 10.1. The van der Waals surface area contributed by atoms with Crippen LogP contribution in [0.5, 0.6) is 0 Å². The van der Waals surface area contributed by atoms with Crippen molar-refractivity contribution in [2.24, 2.45) is 0 Å². The van der Waals surface area contributed by atoms with Gasteiger partial charge in [0.15, 0.2) is 0 Å². The van der Waals surface area contributed by atoms with Crippen molar-refractivity contribution >= 4 is 5.91 Å². The minimum atomic E-state index is 0.136. The van der Waals surface area contributed by atoms with E-state index in [1.807, 2.05) is 16.9 Å². The highest BCUT2D eigenvalue weighted by Gasteiger charge is 2.15. The Morgan fingerprint density at radius 1 is 1.53 bits per heavy atom. The molecule has 0 radical (unpaired) electrons. The maximum atomic E-state index is 11.7. The van der Waals surface area contributed by atoms with Crippen molar-refractivity contribution < 1.29 is 4.79 Å². The molecule has 0 bridgehead atoms. The molecule has 2 heterocycles. The number of nitrogens with zero attached hydrogens (tertiary/aromatic N) is 2. The second kappa shape index (κ2) is 6.39. The Kier molecular flexibility index (Phi) is 4.55. The van der Waals surface area contributed by atoms with Gasteiger partial charge in [-0.2, -0.15) is 5.10 Å². The van der Waals surface area contributed by atoms with Gasteiger partial charge in [0.1, 0.15) is 0 Å². The lowest BCUT2D eigenvalue weighted by atomic mass is 10.0. The van der Waals surface area contributed by atoms with Crippen LogP contribution in [0.15, 0.2) is 18.5 Å². The molecule has 1 saturated heterocycles. The molecule has 0 aromatic carbocycles. The third-order valence-electron chi connectivity index (χ3n) is 3.07. The summed E-state index contributed by atoms with van der Waals surface area (Å²) < 4.78 is 1.82. The van der Waals surface area contributed by atoms with Gasteiger partial charge in [0, 0.05) is 31.4 Å². The summed E-state index contributed by atoms with van der Waals surface area (Å²) in [4.78, 5) is 11.7. The molecule has 1 atom stereocenters. The van der Waals surface area contributed by atoms with Crippen molar-refractivity contribution in [2.75, 3.05) is 13.1 Å². The average Bonchev–Trinajstić information content (AvgIpc) is 2.83. The van der Waals surface area contributed by atoms with E-state index >= 15 is 0 Å². The van der Waals surface area contributed by atoms with Crippen LogP contribution < -0.4 is 10.6 Å². The topological polar surface area (TPSA) is 59.0 Å². The fourth-order valence-electron chi connectivity index (χ4n) is 2.14. The summed E-state index contributed by atoms with van der Waals surface area (Å²) >= 11 is 0. The summed E-state index contributed by atoms with van der Waals surface area (Å²) in [6, 6.07) is 2.25. The maximum absolute atomic E-state index is 11.7. The second-order valence-corrected chi connectivity index (χ2v) is 4.47. The van der Waals surface area contributed by atoms with Crippen LogP contribution in [0.1, 0.15) is 25.7 Å². The van der Waals surface area contributed by atoms with E-state index in [-0.39, 0.29) is 5.91 Å². The predicted molar refractivity (Wildman–Crippen MR) is 65.5 cm³/mol. The monoisotopic (exact) mass is 236 g/mol. The van der Waals surface area contributed by atoms with Gasteiger partial charge in [-0.15, -0.1) is 0 Å². The minimum absolute atomic E-state index is 0.136. The zero-order chi connectivity index (χ0) is 11.9. The fourth-order valence-corrected chi connectivity index (χ4v) is 2.14. The van der Waals surface area contributed by atoms with Crippen molar-refractivity contribution in [1.29, 1.82) is 0 Å². The van der Waals surface area contributed by atoms with E-state index in [2.05, 4.69) is 15.7 Å². The van der Waals surface area contributed by atoms with E-state index in [0.717, 1.165) is 19.5 Å². The van der Waals surface area contributed by atoms with Crippen LogP contribution in [0, 0.1) is 0 Å². The first-order valence-corrected chi connectivity index (χ1v) is 6.32. The predicted octanol–water partition coefficient (Wildman–Crippen LogP) is 0.531. The molecule has 1 unspecified atom stereocenters. The molecule has 0 saturated carbocycles. The standard InChI is InChI=1S/C12H20N4O/c17-12(10-11-4-1-2-5-13-11)14-7-9-16-8-3-6-15-16/h3,6,8,11,13H,1-2,4-5,7,9-10H2,(H,14,17). The van der Waals surface area contributed by atoms with Crippen LogP contribution in [0.3, 0.4) is 0 Å². The van der Waals surface area contributed by atoms with Gasteiger partial charge in [-0.25, -0.2) is 0 Å². The first-order chi connectivity index (χ1) is 8.34. The van der Waals surface area contributed by atoms with Crippen molar-refractivity contribution in [3.05, 3.63) is 18.5 Å².